The molecular formula is C13H20BrN3. The highest BCUT2D eigenvalue weighted by molar-refractivity contribution is 9.10. The van der Waals surface area contributed by atoms with Gasteiger partial charge in [-0.25, -0.2) is 0 Å². The number of anilines is 1. The zero-order valence-electron chi connectivity index (χ0n) is 10.0. The summed E-state index contributed by atoms with van der Waals surface area (Å²) in [6.45, 7) is 0.692. The second kappa shape index (κ2) is 6.36. The first kappa shape index (κ1) is 12.8. The van der Waals surface area contributed by atoms with Gasteiger partial charge in [-0.2, -0.15) is 0 Å². The Morgan fingerprint density at radius 3 is 2.76 bits per heavy atom. The minimum absolute atomic E-state index is 0.381. The van der Waals surface area contributed by atoms with E-state index in [-0.39, 0.29) is 0 Å². The summed E-state index contributed by atoms with van der Waals surface area (Å²) in [6, 6.07) is 2.43. The molecule has 0 saturated heterocycles. The molecule has 0 bridgehead atoms. The Bertz CT molecular complexity index is 350. The molecule has 0 amide bonds. The van der Waals surface area contributed by atoms with Crippen LogP contribution in [0.25, 0.3) is 0 Å². The molecule has 2 rings (SSSR count). The van der Waals surface area contributed by atoms with Crippen LogP contribution in [0.2, 0.25) is 0 Å². The van der Waals surface area contributed by atoms with E-state index in [1.54, 1.807) is 6.20 Å². The molecule has 17 heavy (non-hydrogen) atoms. The average molecular weight is 298 g/mol. The van der Waals surface area contributed by atoms with Crippen LogP contribution in [0.1, 0.15) is 32.1 Å². The number of hydrogen-bond donors (Lipinski definition) is 2. The van der Waals surface area contributed by atoms with Crippen molar-refractivity contribution in [2.24, 2.45) is 11.7 Å². The van der Waals surface area contributed by atoms with Crippen molar-refractivity contribution < 1.29 is 0 Å². The summed E-state index contributed by atoms with van der Waals surface area (Å²) in [7, 11) is 0. The number of nitrogens with two attached hydrogens (primary N) is 1. The molecule has 1 aromatic rings. The Hall–Kier alpha value is -0.610. The maximum absolute atomic E-state index is 5.89. The van der Waals surface area contributed by atoms with Crippen molar-refractivity contribution in [1.29, 1.82) is 0 Å². The molecule has 1 atom stereocenters. The molecule has 3 nitrogen and oxygen atoms in total. The van der Waals surface area contributed by atoms with Gasteiger partial charge in [-0.15, -0.1) is 0 Å². The number of hydrogen-bond acceptors (Lipinski definition) is 3. The molecule has 1 fully saturated rings. The normalized spacial score (nSPS) is 18.9. The lowest BCUT2D eigenvalue weighted by molar-refractivity contribution is 0.320. The molecule has 1 saturated carbocycles. The highest BCUT2D eigenvalue weighted by Crippen LogP contribution is 2.28. The third-order valence-electron chi connectivity index (χ3n) is 3.53. The Morgan fingerprint density at radius 1 is 1.35 bits per heavy atom. The third-order valence-corrected chi connectivity index (χ3v) is 3.96. The quantitative estimate of drug-likeness (QED) is 0.897. The van der Waals surface area contributed by atoms with Gasteiger partial charge in [0.25, 0.3) is 0 Å². The van der Waals surface area contributed by atoms with Crippen LogP contribution in [0.5, 0.6) is 0 Å². The average Bonchev–Trinajstić information content (AvgIpc) is 2.37. The summed E-state index contributed by atoms with van der Waals surface area (Å²) >= 11 is 3.44. The molecule has 4 heteroatoms. The largest absolute Gasteiger partial charge is 0.379 e. The van der Waals surface area contributed by atoms with E-state index in [2.05, 4.69) is 32.3 Å². The lowest BCUT2D eigenvalue weighted by Crippen LogP contribution is -2.37. The smallest absolute Gasteiger partial charge is 0.0540 e. The van der Waals surface area contributed by atoms with E-state index in [9.17, 15) is 0 Å². The fourth-order valence-corrected chi connectivity index (χ4v) is 2.98. The summed E-state index contributed by atoms with van der Waals surface area (Å²) in [5, 5.41) is 3.52. The maximum Gasteiger partial charge on any atom is 0.0540 e. The van der Waals surface area contributed by atoms with Gasteiger partial charge in [0.05, 0.1) is 11.9 Å². The highest BCUT2D eigenvalue weighted by atomic mass is 79.9. The molecule has 3 N–H and O–H groups in total. The van der Waals surface area contributed by atoms with Gasteiger partial charge in [0.2, 0.25) is 0 Å². The zero-order chi connectivity index (χ0) is 12.1. The summed E-state index contributed by atoms with van der Waals surface area (Å²) in [4.78, 5) is 4.17. The molecule has 94 valence electrons. The maximum atomic E-state index is 5.89. The molecule has 1 unspecified atom stereocenters. The lowest BCUT2D eigenvalue weighted by atomic mass is 9.84. The van der Waals surface area contributed by atoms with Crippen LogP contribution in [0.3, 0.4) is 0 Å². The first-order chi connectivity index (χ1) is 8.29. The number of pyridine rings is 1. The fraction of sp³-hybridized carbons (Fsp3) is 0.615. The molecule has 1 heterocycles. The monoisotopic (exact) mass is 297 g/mol. The molecule has 1 aliphatic carbocycles. The van der Waals surface area contributed by atoms with Gasteiger partial charge >= 0.3 is 0 Å². The third kappa shape index (κ3) is 3.68. The molecule has 1 aromatic heterocycles. The van der Waals surface area contributed by atoms with Gasteiger partial charge < -0.3 is 11.1 Å². The van der Waals surface area contributed by atoms with E-state index in [1.165, 1.54) is 32.1 Å². The molecule has 0 radical (unpaired) electrons. The van der Waals surface area contributed by atoms with E-state index in [0.29, 0.717) is 18.5 Å². The van der Waals surface area contributed by atoms with Gasteiger partial charge in [-0.1, -0.05) is 19.3 Å². The van der Waals surface area contributed by atoms with Crippen LogP contribution in [-0.4, -0.2) is 17.6 Å². The summed E-state index contributed by atoms with van der Waals surface area (Å²) < 4.78 is 1.00. The van der Waals surface area contributed by atoms with Gasteiger partial charge in [-0.05, 0) is 40.8 Å². The van der Waals surface area contributed by atoms with Gasteiger partial charge in [0, 0.05) is 23.3 Å². The summed E-state index contributed by atoms with van der Waals surface area (Å²) in [6.07, 6.45) is 10.3. The van der Waals surface area contributed by atoms with Gasteiger partial charge in [-0.3, -0.25) is 4.98 Å². The molecular weight excluding hydrogens is 278 g/mol. The Morgan fingerprint density at radius 2 is 2.12 bits per heavy atom. The van der Waals surface area contributed by atoms with Crippen molar-refractivity contribution in [2.45, 2.75) is 38.1 Å². The van der Waals surface area contributed by atoms with Crippen LogP contribution in [0.15, 0.2) is 22.9 Å². The zero-order valence-corrected chi connectivity index (χ0v) is 11.6. The van der Waals surface area contributed by atoms with Crippen LogP contribution >= 0.6 is 15.9 Å². The first-order valence-corrected chi connectivity index (χ1v) is 7.16. The number of rotatable bonds is 4. The van der Waals surface area contributed by atoms with Gasteiger partial charge in [0.1, 0.15) is 0 Å². The van der Waals surface area contributed by atoms with E-state index in [4.69, 9.17) is 5.73 Å². The second-order valence-electron chi connectivity index (χ2n) is 4.78. The second-order valence-corrected chi connectivity index (χ2v) is 5.69. The fourth-order valence-electron chi connectivity index (χ4n) is 2.61. The first-order valence-electron chi connectivity index (χ1n) is 6.37. The van der Waals surface area contributed by atoms with Crippen LogP contribution < -0.4 is 11.1 Å². The summed E-state index contributed by atoms with van der Waals surface area (Å²) in [5.41, 5.74) is 6.95. The van der Waals surface area contributed by atoms with Gasteiger partial charge in [0.15, 0.2) is 0 Å². The predicted molar refractivity (Wildman–Crippen MR) is 75.0 cm³/mol. The summed E-state index contributed by atoms with van der Waals surface area (Å²) in [5.74, 6) is 0.715. The highest BCUT2D eigenvalue weighted by Gasteiger charge is 2.22. The molecule has 0 spiro atoms. The number of nitrogens with one attached hydrogen (secondary N) is 1. The molecule has 0 aromatic carbocycles. The van der Waals surface area contributed by atoms with Crippen molar-refractivity contribution in [3.05, 3.63) is 22.9 Å². The SMILES string of the molecule is NCC(Nc1cncc(Br)c1)C1CCCCC1. The van der Waals surface area contributed by atoms with Crippen molar-refractivity contribution in [3.63, 3.8) is 0 Å². The van der Waals surface area contributed by atoms with E-state index >= 15 is 0 Å². The van der Waals surface area contributed by atoms with Crippen molar-refractivity contribution in [3.8, 4) is 0 Å². The molecule has 1 aliphatic rings. The van der Waals surface area contributed by atoms with Crippen molar-refractivity contribution >= 4 is 21.6 Å². The molecule has 0 aliphatic heterocycles. The number of aromatic nitrogens is 1. The van der Waals surface area contributed by atoms with Crippen molar-refractivity contribution in [2.75, 3.05) is 11.9 Å². The van der Waals surface area contributed by atoms with E-state index < -0.39 is 0 Å². The van der Waals surface area contributed by atoms with E-state index in [1.807, 2.05) is 6.20 Å². The standard InChI is InChI=1S/C13H20BrN3/c14-11-6-12(9-16-8-11)17-13(7-15)10-4-2-1-3-5-10/h6,8-10,13,17H,1-5,7,15H2. The minimum Gasteiger partial charge on any atom is -0.379 e. The Balaban J connectivity index is 1.98. The number of halogens is 1. The topological polar surface area (TPSA) is 50.9 Å². The number of nitrogens with zero attached hydrogens (tertiary/aromatic N) is 1. The van der Waals surface area contributed by atoms with E-state index in [0.717, 1.165) is 10.2 Å². The Kier molecular flexibility index (Phi) is 4.80. The van der Waals surface area contributed by atoms with Crippen LogP contribution in [0, 0.1) is 5.92 Å². The predicted octanol–water partition coefficient (Wildman–Crippen LogP) is 3.16. The Labute approximate surface area is 111 Å². The van der Waals surface area contributed by atoms with Crippen LogP contribution in [-0.2, 0) is 0 Å². The lowest BCUT2D eigenvalue weighted by Gasteiger charge is -2.30. The van der Waals surface area contributed by atoms with Crippen LogP contribution in [0.4, 0.5) is 5.69 Å². The van der Waals surface area contributed by atoms with Crippen molar-refractivity contribution in [1.82, 2.24) is 4.98 Å². The minimum atomic E-state index is 0.381.